The summed E-state index contributed by atoms with van der Waals surface area (Å²) in [5.74, 6) is -0.922. The molecule has 0 amide bonds. The van der Waals surface area contributed by atoms with Crippen LogP contribution in [0.2, 0.25) is 0 Å². The minimum absolute atomic E-state index is 0.0931. The second-order valence-corrected chi connectivity index (χ2v) is 4.68. The zero-order valence-corrected chi connectivity index (χ0v) is 9.70. The monoisotopic (exact) mass is 269 g/mol. The van der Waals surface area contributed by atoms with E-state index in [1.165, 1.54) is 0 Å². The zero-order chi connectivity index (χ0) is 10.8. The molecule has 0 spiro atoms. The highest BCUT2D eigenvalue weighted by Gasteiger charge is 2.33. The van der Waals surface area contributed by atoms with Gasteiger partial charge in [-0.3, -0.25) is 4.79 Å². The lowest BCUT2D eigenvalue weighted by molar-refractivity contribution is -0.141. The molecule has 3 nitrogen and oxygen atoms in total. The number of carboxylic acid groups (broad SMARTS) is 1. The van der Waals surface area contributed by atoms with E-state index in [9.17, 15) is 4.79 Å². The van der Waals surface area contributed by atoms with Crippen LogP contribution in [0.25, 0.3) is 0 Å². The van der Waals surface area contributed by atoms with Crippen LogP contribution in [0.4, 0.5) is 0 Å². The van der Waals surface area contributed by atoms with Crippen molar-refractivity contribution in [1.29, 1.82) is 0 Å². The predicted molar refractivity (Wildman–Crippen MR) is 60.9 cm³/mol. The van der Waals surface area contributed by atoms with Gasteiger partial charge < -0.3 is 10.4 Å². The third-order valence-corrected chi connectivity index (χ3v) is 3.36. The molecule has 1 aromatic carbocycles. The third kappa shape index (κ3) is 2.21. The molecule has 0 saturated carbocycles. The Labute approximate surface area is 96.6 Å². The minimum Gasteiger partial charge on any atom is -0.481 e. The molecule has 0 aromatic heterocycles. The number of hydrogen-bond donors (Lipinski definition) is 2. The molecule has 2 rings (SSSR count). The van der Waals surface area contributed by atoms with E-state index >= 15 is 0 Å². The number of rotatable bonds is 2. The normalized spacial score (nSPS) is 25.4. The summed E-state index contributed by atoms with van der Waals surface area (Å²) >= 11 is 3.37. The van der Waals surface area contributed by atoms with E-state index in [4.69, 9.17) is 5.11 Å². The van der Waals surface area contributed by atoms with Gasteiger partial charge >= 0.3 is 5.97 Å². The van der Waals surface area contributed by atoms with Crippen LogP contribution in [0.15, 0.2) is 28.7 Å². The van der Waals surface area contributed by atoms with Crippen LogP contribution in [0, 0.1) is 5.92 Å². The number of carbonyl (C=O) groups is 1. The summed E-state index contributed by atoms with van der Waals surface area (Å²) < 4.78 is 1.02. The number of nitrogens with one attached hydrogen (secondary N) is 1. The molecule has 0 aliphatic carbocycles. The predicted octanol–water partition coefficient (Wildman–Crippen LogP) is 1.84. The second kappa shape index (κ2) is 4.33. The largest absolute Gasteiger partial charge is 0.481 e. The van der Waals surface area contributed by atoms with Crippen molar-refractivity contribution in [3.05, 3.63) is 34.3 Å². The molecule has 80 valence electrons. The van der Waals surface area contributed by atoms with E-state index in [1.807, 2.05) is 24.3 Å². The Kier molecular flexibility index (Phi) is 3.07. The van der Waals surface area contributed by atoms with Crippen molar-refractivity contribution in [1.82, 2.24) is 5.32 Å². The molecule has 1 fully saturated rings. The lowest BCUT2D eigenvalue weighted by atomic mass is 9.89. The average molecular weight is 270 g/mol. The maximum atomic E-state index is 11.0. The molecule has 2 atom stereocenters. The van der Waals surface area contributed by atoms with Crippen molar-refractivity contribution in [2.24, 2.45) is 5.92 Å². The van der Waals surface area contributed by atoms with Gasteiger partial charge in [0.25, 0.3) is 0 Å². The van der Waals surface area contributed by atoms with Gasteiger partial charge in [0, 0.05) is 23.5 Å². The molecule has 1 aromatic rings. The summed E-state index contributed by atoms with van der Waals surface area (Å²) in [5, 5.41) is 12.2. The van der Waals surface area contributed by atoms with Crippen LogP contribution in [0.5, 0.6) is 0 Å². The molecule has 0 unspecified atom stereocenters. The third-order valence-electron chi connectivity index (χ3n) is 2.83. The average Bonchev–Trinajstić information content (AvgIpc) is 2.67. The first kappa shape index (κ1) is 10.6. The summed E-state index contributed by atoms with van der Waals surface area (Å²) in [5.41, 5.74) is 1.09. The SMILES string of the molecule is O=C(O)[C@@H]1CNC[C@@H]1c1ccc(Br)cc1. The van der Waals surface area contributed by atoms with Crippen LogP contribution < -0.4 is 5.32 Å². The van der Waals surface area contributed by atoms with E-state index in [0.29, 0.717) is 6.54 Å². The molecule has 2 N–H and O–H groups in total. The zero-order valence-electron chi connectivity index (χ0n) is 8.11. The summed E-state index contributed by atoms with van der Waals surface area (Å²) in [6.45, 7) is 1.31. The Bertz CT molecular complexity index is 363. The molecule has 0 radical (unpaired) electrons. The van der Waals surface area contributed by atoms with Gasteiger partial charge in [0.15, 0.2) is 0 Å². The summed E-state index contributed by atoms with van der Waals surface area (Å²) in [7, 11) is 0. The second-order valence-electron chi connectivity index (χ2n) is 3.76. The molecular formula is C11H12BrNO2. The standard InChI is InChI=1S/C11H12BrNO2/c12-8-3-1-7(2-4-8)9-5-13-6-10(9)11(14)15/h1-4,9-10,13H,5-6H2,(H,14,15)/t9-,10-/m1/s1. The number of hydrogen-bond acceptors (Lipinski definition) is 2. The van der Waals surface area contributed by atoms with Gasteiger partial charge in [-0.1, -0.05) is 28.1 Å². The minimum atomic E-state index is -0.715. The lowest BCUT2D eigenvalue weighted by Gasteiger charge is -2.14. The van der Waals surface area contributed by atoms with Gasteiger partial charge in [-0.2, -0.15) is 0 Å². The first-order valence-electron chi connectivity index (χ1n) is 4.87. The summed E-state index contributed by atoms with van der Waals surface area (Å²) in [4.78, 5) is 11.0. The highest BCUT2D eigenvalue weighted by Crippen LogP contribution is 2.29. The highest BCUT2D eigenvalue weighted by atomic mass is 79.9. The Morgan fingerprint density at radius 1 is 1.33 bits per heavy atom. The fraction of sp³-hybridized carbons (Fsp3) is 0.364. The fourth-order valence-electron chi connectivity index (χ4n) is 2.00. The topological polar surface area (TPSA) is 49.3 Å². The molecule has 0 bridgehead atoms. The maximum absolute atomic E-state index is 11.0. The van der Waals surface area contributed by atoms with Gasteiger partial charge in [0.05, 0.1) is 5.92 Å². The fourth-order valence-corrected chi connectivity index (χ4v) is 2.26. The van der Waals surface area contributed by atoms with Crippen LogP contribution in [0.1, 0.15) is 11.5 Å². The number of carboxylic acids is 1. The van der Waals surface area contributed by atoms with Crippen molar-refractivity contribution in [3.63, 3.8) is 0 Å². The quantitative estimate of drug-likeness (QED) is 0.862. The number of benzene rings is 1. The van der Waals surface area contributed by atoms with Crippen LogP contribution in [-0.2, 0) is 4.79 Å². The van der Waals surface area contributed by atoms with E-state index < -0.39 is 5.97 Å². The molecule has 1 aliphatic heterocycles. The van der Waals surface area contributed by atoms with Gasteiger partial charge in [-0.05, 0) is 17.7 Å². The molecule has 1 saturated heterocycles. The number of aliphatic carboxylic acids is 1. The van der Waals surface area contributed by atoms with Crippen molar-refractivity contribution in [2.75, 3.05) is 13.1 Å². The van der Waals surface area contributed by atoms with Gasteiger partial charge in [-0.25, -0.2) is 0 Å². The van der Waals surface area contributed by atoms with Gasteiger partial charge in [0.2, 0.25) is 0 Å². The Morgan fingerprint density at radius 3 is 2.60 bits per heavy atom. The van der Waals surface area contributed by atoms with E-state index in [-0.39, 0.29) is 11.8 Å². The first-order valence-corrected chi connectivity index (χ1v) is 5.67. The molecule has 1 heterocycles. The van der Waals surface area contributed by atoms with E-state index in [2.05, 4.69) is 21.2 Å². The van der Waals surface area contributed by atoms with Gasteiger partial charge in [0.1, 0.15) is 0 Å². The highest BCUT2D eigenvalue weighted by molar-refractivity contribution is 9.10. The smallest absolute Gasteiger partial charge is 0.308 e. The summed E-state index contributed by atoms with van der Waals surface area (Å²) in [6, 6.07) is 7.87. The summed E-state index contributed by atoms with van der Waals surface area (Å²) in [6.07, 6.45) is 0. The molecular weight excluding hydrogens is 258 g/mol. The Hall–Kier alpha value is -0.870. The van der Waals surface area contributed by atoms with Crippen molar-refractivity contribution in [2.45, 2.75) is 5.92 Å². The molecule has 4 heteroatoms. The van der Waals surface area contributed by atoms with Crippen molar-refractivity contribution < 1.29 is 9.90 Å². The lowest BCUT2D eigenvalue weighted by Crippen LogP contribution is -2.20. The van der Waals surface area contributed by atoms with Gasteiger partial charge in [-0.15, -0.1) is 0 Å². The first-order chi connectivity index (χ1) is 7.18. The molecule has 15 heavy (non-hydrogen) atoms. The Balaban J connectivity index is 2.22. The van der Waals surface area contributed by atoms with E-state index in [0.717, 1.165) is 16.6 Å². The van der Waals surface area contributed by atoms with Crippen LogP contribution in [0.3, 0.4) is 0 Å². The van der Waals surface area contributed by atoms with E-state index in [1.54, 1.807) is 0 Å². The van der Waals surface area contributed by atoms with Crippen molar-refractivity contribution >= 4 is 21.9 Å². The van der Waals surface area contributed by atoms with Crippen LogP contribution >= 0.6 is 15.9 Å². The molecule has 1 aliphatic rings. The number of halogens is 1. The maximum Gasteiger partial charge on any atom is 0.308 e. The van der Waals surface area contributed by atoms with Crippen molar-refractivity contribution in [3.8, 4) is 0 Å². The van der Waals surface area contributed by atoms with Crippen LogP contribution in [-0.4, -0.2) is 24.2 Å². The Morgan fingerprint density at radius 2 is 2.00 bits per heavy atom.